The number of carbonyl (C=O) groups excluding carboxylic acids is 1. The molecule has 0 N–H and O–H groups in total. The van der Waals surface area contributed by atoms with Crippen LogP contribution in [-0.4, -0.2) is 22.3 Å². The van der Waals surface area contributed by atoms with Gasteiger partial charge in [-0.3, -0.25) is 0 Å². The van der Waals surface area contributed by atoms with Crippen molar-refractivity contribution in [3.05, 3.63) is 29.1 Å². The summed E-state index contributed by atoms with van der Waals surface area (Å²) in [4.78, 5) is 11.4. The zero-order valence-corrected chi connectivity index (χ0v) is 8.64. The molecule has 0 amide bonds. The Hall–Kier alpha value is -0.631. The molecule has 1 heterocycles. The van der Waals surface area contributed by atoms with E-state index >= 15 is 0 Å². The number of hydrogen-bond donors (Lipinski definition) is 0. The van der Waals surface area contributed by atoms with E-state index in [1.165, 1.54) is 11.3 Å². The standard InChI is InChI=1S/C9H5OSSe/c10-5-8-9(12)6-3-1-2-4-7(6)11-8/h1-5H. The van der Waals surface area contributed by atoms with Gasteiger partial charge in [-0.05, 0) is 0 Å². The van der Waals surface area contributed by atoms with Crippen LogP contribution in [0.15, 0.2) is 24.3 Å². The third kappa shape index (κ3) is 1.11. The van der Waals surface area contributed by atoms with E-state index in [0.717, 1.165) is 25.7 Å². The Morgan fingerprint density at radius 1 is 1.33 bits per heavy atom. The van der Waals surface area contributed by atoms with Crippen LogP contribution in [0.5, 0.6) is 0 Å². The topological polar surface area (TPSA) is 17.1 Å². The molecule has 0 unspecified atom stereocenters. The molecular weight excluding hydrogens is 235 g/mol. The molecule has 1 radical (unpaired) electrons. The summed E-state index contributed by atoms with van der Waals surface area (Å²) in [6.45, 7) is 0. The van der Waals surface area contributed by atoms with Gasteiger partial charge in [0.1, 0.15) is 0 Å². The van der Waals surface area contributed by atoms with Gasteiger partial charge in [-0.2, -0.15) is 0 Å². The number of benzene rings is 1. The van der Waals surface area contributed by atoms with E-state index in [1.54, 1.807) is 0 Å². The molecule has 0 bridgehead atoms. The molecule has 0 saturated carbocycles. The van der Waals surface area contributed by atoms with Crippen LogP contribution in [0.4, 0.5) is 0 Å². The van der Waals surface area contributed by atoms with Gasteiger partial charge in [-0.15, -0.1) is 0 Å². The molecule has 59 valence electrons. The molecule has 1 nitrogen and oxygen atoms in total. The first-order valence-corrected chi connectivity index (χ1v) is 5.14. The number of aldehydes is 1. The summed E-state index contributed by atoms with van der Waals surface area (Å²) in [5.41, 5.74) is 0. The van der Waals surface area contributed by atoms with E-state index in [9.17, 15) is 4.79 Å². The summed E-state index contributed by atoms with van der Waals surface area (Å²) in [6.07, 6.45) is 0.899. The maximum atomic E-state index is 10.6. The molecule has 0 spiro atoms. The number of carbonyl (C=O) groups is 1. The Morgan fingerprint density at radius 2 is 2.08 bits per heavy atom. The number of thiophene rings is 1. The van der Waals surface area contributed by atoms with Crippen molar-refractivity contribution in [2.45, 2.75) is 0 Å². The molecule has 1 aromatic carbocycles. The zero-order valence-electron chi connectivity index (χ0n) is 6.11. The van der Waals surface area contributed by atoms with Gasteiger partial charge in [-0.25, -0.2) is 0 Å². The predicted octanol–water partition coefficient (Wildman–Crippen LogP) is 1.51. The molecular formula is C9H5OSSe. The molecule has 0 aliphatic heterocycles. The van der Waals surface area contributed by atoms with Gasteiger partial charge in [0.25, 0.3) is 0 Å². The third-order valence-electron chi connectivity index (χ3n) is 1.68. The molecule has 2 aromatic rings. The fraction of sp³-hybridized carbons (Fsp3) is 0. The van der Waals surface area contributed by atoms with Gasteiger partial charge in [0.2, 0.25) is 0 Å². The van der Waals surface area contributed by atoms with Gasteiger partial charge in [0.05, 0.1) is 0 Å². The molecule has 0 saturated heterocycles. The monoisotopic (exact) mass is 241 g/mol. The average Bonchev–Trinajstić information content (AvgIpc) is 2.44. The second-order valence-corrected chi connectivity index (χ2v) is 4.35. The molecule has 0 fully saturated rings. The van der Waals surface area contributed by atoms with Crippen molar-refractivity contribution in [2.75, 3.05) is 0 Å². The molecule has 0 atom stereocenters. The summed E-state index contributed by atoms with van der Waals surface area (Å²) < 4.78 is 2.14. The summed E-state index contributed by atoms with van der Waals surface area (Å²) >= 11 is 4.45. The van der Waals surface area contributed by atoms with Crippen molar-refractivity contribution in [1.29, 1.82) is 0 Å². The fourth-order valence-corrected chi connectivity index (χ4v) is 2.92. The van der Waals surface area contributed by atoms with Crippen molar-refractivity contribution in [2.24, 2.45) is 0 Å². The van der Waals surface area contributed by atoms with E-state index in [1.807, 2.05) is 24.3 Å². The second kappa shape index (κ2) is 3.02. The molecule has 12 heavy (non-hydrogen) atoms. The van der Waals surface area contributed by atoms with Crippen molar-refractivity contribution >= 4 is 48.2 Å². The Balaban J connectivity index is 2.87. The first kappa shape index (κ1) is 7.99. The van der Waals surface area contributed by atoms with Crippen LogP contribution in [0.2, 0.25) is 0 Å². The number of rotatable bonds is 1. The van der Waals surface area contributed by atoms with Gasteiger partial charge in [-0.1, -0.05) is 0 Å². The van der Waals surface area contributed by atoms with Crippen LogP contribution in [0.3, 0.4) is 0 Å². The first-order valence-electron chi connectivity index (χ1n) is 3.46. The van der Waals surface area contributed by atoms with Crippen LogP contribution in [-0.2, 0) is 0 Å². The summed E-state index contributed by atoms with van der Waals surface area (Å²) in [6, 6.07) is 8.00. The minimum absolute atomic E-state index is 0.788. The van der Waals surface area contributed by atoms with E-state index < -0.39 is 0 Å². The van der Waals surface area contributed by atoms with Crippen molar-refractivity contribution in [1.82, 2.24) is 0 Å². The number of fused-ring (bicyclic) bond motifs is 1. The predicted molar refractivity (Wildman–Crippen MR) is 52.6 cm³/mol. The van der Waals surface area contributed by atoms with Crippen molar-refractivity contribution in [3.63, 3.8) is 0 Å². The Morgan fingerprint density at radius 3 is 2.75 bits per heavy atom. The van der Waals surface area contributed by atoms with E-state index in [2.05, 4.69) is 16.0 Å². The Bertz CT molecular complexity index is 433. The second-order valence-electron chi connectivity index (χ2n) is 2.41. The molecule has 1 aromatic heterocycles. The molecule has 3 heteroatoms. The zero-order chi connectivity index (χ0) is 8.55. The van der Waals surface area contributed by atoms with Gasteiger partial charge < -0.3 is 0 Å². The summed E-state index contributed by atoms with van der Waals surface area (Å²) in [5, 5.41) is 1.14. The van der Waals surface area contributed by atoms with Crippen LogP contribution in [0.25, 0.3) is 10.1 Å². The van der Waals surface area contributed by atoms with E-state index in [0.29, 0.717) is 0 Å². The molecule has 2 rings (SSSR count). The summed E-state index contributed by atoms with van der Waals surface area (Å²) in [5.74, 6) is 0. The Labute approximate surface area is 82.2 Å². The van der Waals surface area contributed by atoms with Gasteiger partial charge in [0, 0.05) is 0 Å². The third-order valence-corrected chi connectivity index (χ3v) is 3.99. The number of hydrogen-bond acceptors (Lipinski definition) is 2. The maximum absolute atomic E-state index is 10.6. The normalized spacial score (nSPS) is 10.3. The van der Waals surface area contributed by atoms with E-state index in [4.69, 9.17) is 0 Å². The van der Waals surface area contributed by atoms with Gasteiger partial charge in [0.15, 0.2) is 0 Å². The van der Waals surface area contributed by atoms with Crippen LogP contribution >= 0.6 is 11.3 Å². The van der Waals surface area contributed by atoms with Crippen molar-refractivity contribution < 1.29 is 4.79 Å². The van der Waals surface area contributed by atoms with Crippen LogP contribution in [0, 0.1) is 0 Å². The van der Waals surface area contributed by atoms with Crippen molar-refractivity contribution in [3.8, 4) is 0 Å². The Kier molecular flexibility index (Phi) is 2.01. The minimum atomic E-state index is 0.788. The van der Waals surface area contributed by atoms with Crippen LogP contribution in [0.1, 0.15) is 9.67 Å². The fourth-order valence-electron chi connectivity index (χ4n) is 1.12. The van der Waals surface area contributed by atoms with Gasteiger partial charge >= 0.3 is 82.1 Å². The average molecular weight is 240 g/mol. The summed E-state index contributed by atoms with van der Waals surface area (Å²) in [7, 11) is 0. The SMILES string of the molecule is O=Cc1sc2ccccc2c1[Se]. The quantitative estimate of drug-likeness (QED) is 0.545. The molecule has 0 aliphatic rings. The first-order chi connectivity index (χ1) is 5.83. The molecule has 0 aliphatic carbocycles. The van der Waals surface area contributed by atoms with Crippen LogP contribution < -0.4 is 4.46 Å². The van der Waals surface area contributed by atoms with E-state index in [-0.39, 0.29) is 0 Å².